The van der Waals surface area contributed by atoms with Crippen LogP contribution in [0.1, 0.15) is 45.4 Å². The SMILES string of the molecule is CCCCCCCC(=O)Oc1cccc2cccnc12.Cl. The van der Waals surface area contributed by atoms with Gasteiger partial charge in [0, 0.05) is 18.0 Å². The summed E-state index contributed by atoms with van der Waals surface area (Å²) in [7, 11) is 0. The van der Waals surface area contributed by atoms with Gasteiger partial charge >= 0.3 is 5.97 Å². The first-order valence-corrected chi connectivity index (χ1v) is 7.35. The Labute approximate surface area is 132 Å². The van der Waals surface area contributed by atoms with Gasteiger partial charge < -0.3 is 4.74 Å². The van der Waals surface area contributed by atoms with Gasteiger partial charge in [-0.25, -0.2) is 0 Å². The minimum Gasteiger partial charge on any atom is -0.424 e. The van der Waals surface area contributed by atoms with E-state index in [0.717, 1.165) is 23.7 Å². The van der Waals surface area contributed by atoms with E-state index in [1.54, 1.807) is 12.3 Å². The van der Waals surface area contributed by atoms with Crippen LogP contribution in [-0.2, 0) is 4.79 Å². The fraction of sp³-hybridized carbons (Fsp3) is 0.412. The number of pyridine rings is 1. The lowest BCUT2D eigenvalue weighted by Crippen LogP contribution is -2.08. The molecule has 0 amide bonds. The van der Waals surface area contributed by atoms with Gasteiger partial charge in [-0.1, -0.05) is 50.8 Å². The monoisotopic (exact) mass is 307 g/mol. The number of rotatable bonds is 7. The zero-order valence-electron chi connectivity index (χ0n) is 12.4. The molecule has 2 aromatic rings. The van der Waals surface area contributed by atoms with Crippen molar-refractivity contribution in [2.75, 3.05) is 0 Å². The number of esters is 1. The van der Waals surface area contributed by atoms with Gasteiger partial charge in [0.05, 0.1) is 0 Å². The molecule has 0 radical (unpaired) electrons. The smallest absolute Gasteiger partial charge is 0.311 e. The van der Waals surface area contributed by atoms with Crippen LogP contribution in [0.4, 0.5) is 0 Å². The van der Waals surface area contributed by atoms with Gasteiger partial charge in [-0.05, 0) is 18.6 Å². The molecule has 4 heteroatoms. The highest BCUT2D eigenvalue weighted by atomic mass is 35.5. The lowest BCUT2D eigenvalue weighted by atomic mass is 10.1. The Kier molecular flexibility index (Phi) is 7.76. The molecule has 0 spiro atoms. The predicted molar refractivity (Wildman–Crippen MR) is 88.0 cm³/mol. The Hall–Kier alpha value is -1.61. The molecule has 0 bridgehead atoms. The Balaban J connectivity index is 0.00000220. The van der Waals surface area contributed by atoms with E-state index in [0.29, 0.717) is 12.2 Å². The molecular weight excluding hydrogens is 286 g/mol. The van der Waals surface area contributed by atoms with Gasteiger partial charge in [0.2, 0.25) is 0 Å². The minimum atomic E-state index is -0.167. The number of para-hydroxylation sites is 1. The van der Waals surface area contributed by atoms with Crippen molar-refractivity contribution in [1.82, 2.24) is 4.98 Å². The average Bonchev–Trinajstić information content (AvgIpc) is 2.47. The van der Waals surface area contributed by atoms with Crippen molar-refractivity contribution in [3.8, 4) is 5.75 Å². The molecule has 114 valence electrons. The molecule has 0 saturated carbocycles. The van der Waals surface area contributed by atoms with Crippen LogP contribution in [0.15, 0.2) is 36.5 Å². The zero-order chi connectivity index (χ0) is 14.2. The molecule has 0 fully saturated rings. The van der Waals surface area contributed by atoms with Crippen LogP contribution < -0.4 is 4.74 Å². The number of aromatic nitrogens is 1. The third-order valence-electron chi connectivity index (χ3n) is 3.30. The number of carbonyl (C=O) groups excluding carboxylic acids is 1. The standard InChI is InChI=1S/C17H21NO2.ClH/c1-2-3-4-5-6-12-16(19)20-15-11-7-9-14-10-8-13-18-17(14)15;/h7-11,13H,2-6,12H2,1H3;1H. The third-order valence-corrected chi connectivity index (χ3v) is 3.30. The number of nitrogens with zero attached hydrogens (tertiary/aromatic N) is 1. The number of hydrogen-bond donors (Lipinski definition) is 0. The highest BCUT2D eigenvalue weighted by Crippen LogP contribution is 2.23. The van der Waals surface area contributed by atoms with Crippen LogP contribution in [0.5, 0.6) is 5.75 Å². The topological polar surface area (TPSA) is 39.2 Å². The van der Waals surface area contributed by atoms with E-state index in [4.69, 9.17) is 4.74 Å². The molecule has 1 aromatic heterocycles. The number of fused-ring (bicyclic) bond motifs is 1. The maximum absolute atomic E-state index is 11.8. The molecule has 0 unspecified atom stereocenters. The summed E-state index contributed by atoms with van der Waals surface area (Å²) in [6.07, 6.45) is 7.83. The van der Waals surface area contributed by atoms with Crippen LogP contribution >= 0.6 is 12.4 Å². The van der Waals surface area contributed by atoms with Gasteiger partial charge in [-0.3, -0.25) is 9.78 Å². The van der Waals surface area contributed by atoms with Crippen LogP contribution in [0, 0.1) is 0 Å². The second kappa shape index (κ2) is 9.35. The Morgan fingerprint density at radius 1 is 1.10 bits per heavy atom. The van der Waals surface area contributed by atoms with Crippen molar-refractivity contribution in [2.24, 2.45) is 0 Å². The number of halogens is 1. The summed E-state index contributed by atoms with van der Waals surface area (Å²) in [5, 5.41) is 0.987. The summed E-state index contributed by atoms with van der Waals surface area (Å²) in [5.74, 6) is 0.390. The lowest BCUT2D eigenvalue weighted by molar-refractivity contribution is -0.134. The second-order valence-electron chi connectivity index (χ2n) is 4.97. The van der Waals surface area contributed by atoms with Gasteiger partial charge in [-0.2, -0.15) is 0 Å². The molecule has 2 rings (SSSR count). The predicted octanol–water partition coefficient (Wildman–Crippen LogP) is 4.92. The minimum absolute atomic E-state index is 0. The van der Waals surface area contributed by atoms with E-state index < -0.39 is 0 Å². The van der Waals surface area contributed by atoms with Gasteiger partial charge in [-0.15, -0.1) is 12.4 Å². The van der Waals surface area contributed by atoms with E-state index in [1.807, 2.05) is 24.3 Å². The van der Waals surface area contributed by atoms with Crippen molar-refractivity contribution < 1.29 is 9.53 Å². The molecule has 0 aliphatic carbocycles. The summed E-state index contributed by atoms with van der Waals surface area (Å²) >= 11 is 0. The van der Waals surface area contributed by atoms with Crippen LogP contribution in [0.2, 0.25) is 0 Å². The Morgan fingerprint density at radius 2 is 1.86 bits per heavy atom. The number of unbranched alkanes of at least 4 members (excludes halogenated alkanes) is 4. The van der Waals surface area contributed by atoms with E-state index in [2.05, 4.69) is 11.9 Å². The molecule has 0 aliphatic heterocycles. The molecule has 0 saturated heterocycles. The number of hydrogen-bond acceptors (Lipinski definition) is 3. The molecule has 0 N–H and O–H groups in total. The first kappa shape index (κ1) is 17.4. The summed E-state index contributed by atoms with van der Waals surface area (Å²) in [6, 6.07) is 9.48. The molecule has 1 heterocycles. The summed E-state index contributed by atoms with van der Waals surface area (Å²) in [5.41, 5.74) is 0.745. The molecule has 1 aromatic carbocycles. The van der Waals surface area contributed by atoms with E-state index in [-0.39, 0.29) is 18.4 Å². The van der Waals surface area contributed by atoms with Crippen molar-refractivity contribution in [3.05, 3.63) is 36.5 Å². The van der Waals surface area contributed by atoms with Crippen LogP contribution in [-0.4, -0.2) is 11.0 Å². The molecule has 21 heavy (non-hydrogen) atoms. The van der Waals surface area contributed by atoms with Gasteiger partial charge in [0.15, 0.2) is 5.75 Å². The van der Waals surface area contributed by atoms with Crippen molar-refractivity contribution in [3.63, 3.8) is 0 Å². The van der Waals surface area contributed by atoms with Crippen molar-refractivity contribution in [2.45, 2.75) is 45.4 Å². The summed E-state index contributed by atoms with van der Waals surface area (Å²) in [4.78, 5) is 16.1. The van der Waals surface area contributed by atoms with Crippen LogP contribution in [0.3, 0.4) is 0 Å². The lowest BCUT2D eigenvalue weighted by Gasteiger charge is -2.06. The maximum Gasteiger partial charge on any atom is 0.311 e. The largest absolute Gasteiger partial charge is 0.424 e. The maximum atomic E-state index is 11.8. The molecule has 0 aliphatic rings. The number of carbonyl (C=O) groups is 1. The number of ether oxygens (including phenoxy) is 1. The Morgan fingerprint density at radius 3 is 2.67 bits per heavy atom. The normalized spacial score (nSPS) is 10.1. The second-order valence-corrected chi connectivity index (χ2v) is 4.97. The van der Waals surface area contributed by atoms with E-state index in [9.17, 15) is 4.79 Å². The molecule has 0 atom stereocenters. The first-order valence-electron chi connectivity index (χ1n) is 7.35. The van der Waals surface area contributed by atoms with Crippen LogP contribution in [0.25, 0.3) is 10.9 Å². The average molecular weight is 308 g/mol. The summed E-state index contributed by atoms with van der Waals surface area (Å²) in [6.45, 7) is 2.18. The van der Waals surface area contributed by atoms with Gasteiger partial charge in [0.1, 0.15) is 5.52 Å². The fourth-order valence-electron chi connectivity index (χ4n) is 2.21. The van der Waals surface area contributed by atoms with Crippen molar-refractivity contribution in [1.29, 1.82) is 0 Å². The fourth-order valence-corrected chi connectivity index (χ4v) is 2.21. The molecule has 3 nitrogen and oxygen atoms in total. The highest BCUT2D eigenvalue weighted by molar-refractivity contribution is 5.87. The summed E-state index contributed by atoms with van der Waals surface area (Å²) < 4.78 is 5.43. The van der Waals surface area contributed by atoms with E-state index in [1.165, 1.54) is 19.3 Å². The first-order chi connectivity index (χ1) is 9.81. The zero-order valence-corrected chi connectivity index (χ0v) is 13.2. The number of benzene rings is 1. The highest BCUT2D eigenvalue weighted by Gasteiger charge is 2.08. The third kappa shape index (κ3) is 5.35. The van der Waals surface area contributed by atoms with E-state index >= 15 is 0 Å². The van der Waals surface area contributed by atoms with Gasteiger partial charge in [0.25, 0.3) is 0 Å². The quantitative estimate of drug-likeness (QED) is 0.414. The molecular formula is C17H22ClNO2. The van der Waals surface area contributed by atoms with Crippen molar-refractivity contribution >= 4 is 29.3 Å². The Bertz CT molecular complexity index is 566.